The van der Waals surface area contributed by atoms with E-state index in [0.29, 0.717) is 11.5 Å². The normalized spacial score (nSPS) is 18.9. The third-order valence-electron chi connectivity index (χ3n) is 3.86. The SMILES string of the molecule is CC(NCC1CNc2ccnn2C1)c1ccc(F)cc1F. The van der Waals surface area contributed by atoms with Crippen molar-refractivity contribution in [2.24, 2.45) is 5.92 Å². The summed E-state index contributed by atoms with van der Waals surface area (Å²) in [6.45, 7) is 4.31. The van der Waals surface area contributed by atoms with Gasteiger partial charge in [0.15, 0.2) is 0 Å². The van der Waals surface area contributed by atoms with E-state index in [1.807, 2.05) is 17.7 Å². The zero-order valence-corrected chi connectivity index (χ0v) is 11.8. The number of nitrogens with zero attached hydrogens (tertiary/aromatic N) is 2. The van der Waals surface area contributed by atoms with Crippen molar-refractivity contribution in [1.29, 1.82) is 0 Å². The number of rotatable bonds is 4. The van der Waals surface area contributed by atoms with Gasteiger partial charge < -0.3 is 10.6 Å². The van der Waals surface area contributed by atoms with Gasteiger partial charge in [0.25, 0.3) is 0 Å². The van der Waals surface area contributed by atoms with Crippen molar-refractivity contribution in [2.45, 2.75) is 19.5 Å². The molecule has 0 bridgehead atoms. The van der Waals surface area contributed by atoms with Crippen LogP contribution in [-0.4, -0.2) is 22.9 Å². The summed E-state index contributed by atoms with van der Waals surface area (Å²) in [6, 6.07) is 5.48. The summed E-state index contributed by atoms with van der Waals surface area (Å²) in [5.41, 5.74) is 0.486. The molecule has 3 rings (SSSR count). The third kappa shape index (κ3) is 3.05. The average Bonchev–Trinajstić information content (AvgIpc) is 2.92. The van der Waals surface area contributed by atoms with Crippen LogP contribution in [0.3, 0.4) is 0 Å². The van der Waals surface area contributed by atoms with Gasteiger partial charge in [-0.05, 0) is 13.0 Å². The molecule has 0 fully saturated rings. The molecule has 1 aliphatic rings. The fourth-order valence-corrected chi connectivity index (χ4v) is 2.63. The van der Waals surface area contributed by atoms with E-state index in [9.17, 15) is 8.78 Å². The van der Waals surface area contributed by atoms with Crippen LogP contribution in [0.4, 0.5) is 14.6 Å². The first-order valence-corrected chi connectivity index (χ1v) is 7.07. The van der Waals surface area contributed by atoms with Gasteiger partial charge in [-0.15, -0.1) is 0 Å². The predicted molar refractivity (Wildman–Crippen MR) is 77.0 cm³/mol. The van der Waals surface area contributed by atoms with Crippen LogP contribution >= 0.6 is 0 Å². The molecule has 6 heteroatoms. The van der Waals surface area contributed by atoms with Crippen LogP contribution in [0.2, 0.25) is 0 Å². The molecule has 1 aromatic carbocycles. The number of hydrogen-bond acceptors (Lipinski definition) is 3. The van der Waals surface area contributed by atoms with Gasteiger partial charge in [0, 0.05) is 49.3 Å². The Hall–Kier alpha value is -1.95. The van der Waals surface area contributed by atoms with E-state index in [2.05, 4.69) is 15.7 Å². The number of anilines is 1. The van der Waals surface area contributed by atoms with Gasteiger partial charge in [-0.2, -0.15) is 5.10 Å². The van der Waals surface area contributed by atoms with Crippen molar-refractivity contribution in [3.05, 3.63) is 47.7 Å². The lowest BCUT2D eigenvalue weighted by Gasteiger charge is -2.26. The Kier molecular flexibility index (Phi) is 3.88. The fraction of sp³-hybridized carbons (Fsp3) is 0.400. The maximum absolute atomic E-state index is 13.7. The van der Waals surface area contributed by atoms with Crippen LogP contribution in [0.25, 0.3) is 0 Å². The van der Waals surface area contributed by atoms with Crippen LogP contribution in [-0.2, 0) is 6.54 Å². The minimum Gasteiger partial charge on any atom is -0.370 e. The summed E-state index contributed by atoms with van der Waals surface area (Å²) < 4.78 is 28.6. The van der Waals surface area contributed by atoms with Gasteiger partial charge >= 0.3 is 0 Å². The van der Waals surface area contributed by atoms with E-state index < -0.39 is 11.6 Å². The van der Waals surface area contributed by atoms with Crippen molar-refractivity contribution in [3.8, 4) is 0 Å². The van der Waals surface area contributed by atoms with E-state index in [4.69, 9.17) is 0 Å². The monoisotopic (exact) mass is 292 g/mol. The number of fused-ring (bicyclic) bond motifs is 1. The molecule has 2 N–H and O–H groups in total. The zero-order chi connectivity index (χ0) is 14.8. The number of halogens is 2. The van der Waals surface area contributed by atoms with Crippen molar-refractivity contribution >= 4 is 5.82 Å². The van der Waals surface area contributed by atoms with Crippen molar-refractivity contribution < 1.29 is 8.78 Å². The molecule has 0 spiro atoms. The number of aromatic nitrogens is 2. The van der Waals surface area contributed by atoms with Gasteiger partial charge in [0.05, 0.1) is 6.20 Å². The summed E-state index contributed by atoms with van der Waals surface area (Å²) >= 11 is 0. The third-order valence-corrected chi connectivity index (χ3v) is 3.86. The molecule has 0 saturated heterocycles. The smallest absolute Gasteiger partial charge is 0.130 e. The number of benzene rings is 1. The Morgan fingerprint density at radius 2 is 2.29 bits per heavy atom. The summed E-state index contributed by atoms with van der Waals surface area (Å²) in [5, 5.41) is 10.9. The van der Waals surface area contributed by atoms with Crippen molar-refractivity contribution in [3.63, 3.8) is 0 Å². The molecule has 0 amide bonds. The topological polar surface area (TPSA) is 41.9 Å². The molecule has 2 atom stereocenters. The maximum atomic E-state index is 13.7. The van der Waals surface area contributed by atoms with Crippen LogP contribution in [0.15, 0.2) is 30.5 Å². The Balaban J connectivity index is 1.58. The second-order valence-corrected chi connectivity index (χ2v) is 5.44. The Morgan fingerprint density at radius 1 is 1.43 bits per heavy atom. The Labute approximate surface area is 122 Å². The fourth-order valence-electron chi connectivity index (χ4n) is 2.63. The Bertz CT molecular complexity index is 626. The van der Waals surface area contributed by atoms with E-state index >= 15 is 0 Å². The highest BCUT2D eigenvalue weighted by Crippen LogP contribution is 2.19. The first kappa shape index (κ1) is 14.0. The second-order valence-electron chi connectivity index (χ2n) is 5.44. The molecule has 112 valence electrons. The van der Waals surface area contributed by atoms with Gasteiger partial charge in [0.2, 0.25) is 0 Å². The quantitative estimate of drug-likeness (QED) is 0.910. The largest absolute Gasteiger partial charge is 0.370 e. The number of nitrogens with one attached hydrogen (secondary N) is 2. The molecule has 2 heterocycles. The van der Waals surface area contributed by atoms with Crippen LogP contribution in [0, 0.1) is 17.6 Å². The van der Waals surface area contributed by atoms with E-state index in [1.54, 1.807) is 6.20 Å². The number of hydrogen-bond donors (Lipinski definition) is 2. The standard InChI is InChI=1S/C15H18F2N4/c1-10(13-3-2-12(16)6-14(13)17)18-7-11-8-19-15-4-5-20-21(15)9-11/h2-6,10-11,18-19H,7-9H2,1H3. The molecule has 0 radical (unpaired) electrons. The van der Waals surface area contributed by atoms with Crippen molar-refractivity contribution in [2.75, 3.05) is 18.4 Å². The van der Waals surface area contributed by atoms with Crippen LogP contribution < -0.4 is 10.6 Å². The Morgan fingerprint density at radius 3 is 3.10 bits per heavy atom. The molecule has 0 aliphatic carbocycles. The summed E-state index contributed by atoms with van der Waals surface area (Å²) in [4.78, 5) is 0. The molecule has 21 heavy (non-hydrogen) atoms. The first-order chi connectivity index (χ1) is 10.1. The highest BCUT2D eigenvalue weighted by molar-refractivity contribution is 5.35. The molecule has 2 aromatic rings. The first-order valence-electron chi connectivity index (χ1n) is 7.07. The van der Waals surface area contributed by atoms with Gasteiger partial charge in [-0.3, -0.25) is 0 Å². The summed E-state index contributed by atoms with van der Waals surface area (Å²) in [5.74, 6) is 0.351. The molecule has 2 unspecified atom stereocenters. The lowest BCUT2D eigenvalue weighted by atomic mass is 10.0. The van der Waals surface area contributed by atoms with Gasteiger partial charge in [-0.1, -0.05) is 6.07 Å². The van der Waals surface area contributed by atoms with E-state index in [0.717, 1.165) is 31.5 Å². The average molecular weight is 292 g/mol. The lowest BCUT2D eigenvalue weighted by molar-refractivity contribution is 0.373. The van der Waals surface area contributed by atoms with Crippen LogP contribution in [0.1, 0.15) is 18.5 Å². The van der Waals surface area contributed by atoms with Crippen molar-refractivity contribution in [1.82, 2.24) is 15.1 Å². The molecule has 1 aliphatic heterocycles. The zero-order valence-electron chi connectivity index (χ0n) is 11.8. The van der Waals surface area contributed by atoms with E-state index in [-0.39, 0.29) is 6.04 Å². The van der Waals surface area contributed by atoms with Gasteiger partial charge in [0.1, 0.15) is 17.5 Å². The minimum absolute atomic E-state index is 0.162. The predicted octanol–water partition coefficient (Wildman–Crippen LogP) is 2.55. The molecule has 1 aromatic heterocycles. The molecular weight excluding hydrogens is 274 g/mol. The summed E-state index contributed by atoms with van der Waals surface area (Å²) in [6.07, 6.45) is 1.77. The van der Waals surface area contributed by atoms with Gasteiger partial charge in [-0.25, -0.2) is 13.5 Å². The molecule has 4 nitrogen and oxygen atoms in total. The second kappa shape index (κ2) is 5.81. The maximum Gasteiger partial charge on any atom is 0.130 e. The molecule has 0 saturated carbocycles. The summed E-state index contributed by atoms with van der Waals surface area (Å²) in [7, 11) is 0. The van der Waals surface area contributed by atoms with E-state index in [1.165, 1.54) is 12.1 Å². The minimum atomic E-state index is -0.550. The lowest BCUT2D eigenvalue weighted by Crippen LogP contribution is -2.36. The highest BCUT2D eigenvalue weighted by atomic mass is 19.1. The highest BCUT2D eigenvalue weighted by Gasteiger charge is 2.19. The van der Waals surface area contributed by atoms with Crippen LogP contribution in [0.5, 0.6) is 0 Å². The molecular formula is C15H18F2N4.